The van der Waals surface area contributed by atoms with Crippen molar-refractivity contribution in [1.82, 2.24) is 4.90 Å². The van der Waals surface area contributed by atoms with E-state index in [-0.39, 0.29) is 17.6 Å². The fraction of sp³-hybridized carbons (Fsp3) is 0.263. The first-order chi connectivity index (χ1) is 11.5. The maximum atomic E-state index is 13.0. The molecule has 3 rings (SSSR count). The Bertz CT molecular complexity index is 786. The number of fused-ring (bicyclic) bond motifs is 1. The Morgan fingerprint density at radius 3 is 2.54 bits per heavy atom. The molecule has 2 amide bonds. The fourth-order valence-corrected chi connectivity index (χ4v) is 3.02. The molecule has 0 radical (unpaired) electrons. The SMILES string of the molecule is CC(=O)N1CCc2cc(C(=O)N(C)Cc3ccc(F)cc3)ccc21. The molecule has 0 bridgehead atoms. The smallest absolute Gasteiger partial charge is 0.253 e. The van der Waals surface area contributed by atoms with Gasteiger partial charge in [-0.1, -0.05) is 12.1 Å². The van der Waals surface area contributed by atoms with Crippen molar-refractivity contribution >= 4 is 17.5 Å². The van der Waals surface area contributed by atoms with Crippen molar-refractivity contribution in [2.24, 2.45) is 0 Å². The van der Waals surface area contributed by atoms with Gasteiger partial charge in [-0.05, 0) is 47.9 Å². The lowest BCUT2D eigenvalue weighted by Crippen LogP contribution is -2.27. The van der Waals surface area contributed by atoms with Gasteiger partial charge in [0, 0.05) is 38.3 Å². The minimum absolute atomic E-state index is 0.0151. The number of halogens is 1. The summed E-state index contributed by atoms with van der Waals surface area (Å²) in [5, 5.41) is 0. The van der Waals surface area contributed by atoms with Crippen LogP contribution in [0.5, 0.6) is 0 Å². The molecule has 0 aromatic heterocycles. The van der Waals surface area contributed by atoms with Crippen LogP contribution in [0, 0.1) is 5.82 Å². The van der Waals surface area contributed by atoms with Crippen LogP contribution in [0.3, 0.4) is 0 Å². The molecule has 0 aliphatic carbocycles. The first-order valence-corrected chi connectivity index (χ1v) is 7.86. The van der Waals surface area contributed by atoms with Crippen LogP contribution in [0.1, 0.15) is 28.4 Å². The number of nitrogens with zero attached hydrogens (tertiary/aromatic N) is 2. The van der Waals surface area contributed by atoms with E-state index >= 15 is 0 Å². The standard InChI is InChI=1S/C19H19FN2O2/c1-13(23)22-10-9-15-11-16(5-8-18(15)22)19(24)21(2)12-14-3-6-17(20)7-4-14/h3-8,11H,9-10,12H2,1-2H3. The average molecular weight is 326 g/mol. The number of rotatable bonds is 3. The quantitative estimate of drug-likeness (QED) is 0.870. The Labute approximate surface area is 140 Å². The molecule has 4 nitrogen and oxygen atoms in total. The van der Waals surface area contributed by atoms with E-state index in [1.165, 1.54) is 12.1 Å². The first-order valence-electron chi connectivity index (χ1n) is 7.86. The second-order valence-corrected chi connectivity index (χ2v) is 6.05. The third-order valence-corrected chi connectivity index (χ3v) is 4.28. The highest BCUT2D eigenvalue weighted by molar-refractivity contribution is 5.97. The highest BCUT2D eigenvalue weighted by Gasteiger charge is 2.23. The van der Waals surface area contributed by atoms with Gasteiger partial charge in [-0.2, -0.15) is 0 Å². The van der Waals surface area contributed by atoms with E-state index in [1.807, 2.05) is 12.1 Å². The van der Waals surface area contributed by atoms with Gasteiger partial charge in [0.15, 0.2) is 0 Å². The van der Waals surface area contributed by atoms with Gasteiger partial charge >= 0.3 is 0 Å². The van der Waals surface area contributed by atoms with Crippen molar-refractivity contribution in [2.75, 3.05) is 18.5 Å². The van der Waals surface area contributed by atoms with Gasteiger partial charge < -0.3 is 9.80 Å². The molecular formula is C19H19FN2O2. The molecule has 0 fully saturated rings. The van der Waals surface area contributed by atoms with Crippen molar-refractivity contribution in [3.8, 4) is 0 Å². The Hall–Kier alpha value is -2.69. The lowest BCUT2D eigenvalue weighted by molar-refractivity contribution is -0.116. The maximum Gasteiger partial charge on any atom is 0.253 e. The van der Waals surface area contributed by atoms with Crippen LogP contribution >= 0.6 is 0 Å². The summed E-state index contributed by atoms with van der Waals surface area (Å²) in [7, 11) is 1.72. The molecule has 124 valence electrons. The van der Waals surface area contributed by atoms with Crippen molar-refractivity contribution in [3.05, 3.63) is 65.0 Å². The predicted molar refractivity (Wildman–Crippen MR) is 90.4 cm³/mol. The second kappa shape index (κ2) is 6.43. The van der Waals surface area contributed by atoms with Gasteiger partial charge in [-0.25, -0.2) is 4.39 Å². The zero-order valence-electron chi connectivity index (χ0n) is 13.8. The molecule has 0 N–H and O–H groups in total. The minimum atomic E-state index is -0.290. The third kappa shape index (κ3) is 3.15. The van der Waals surface area contributed by atoms with Crippen molar-refractivity contribution in [1.29, 1.82) is 0 Å². The molecule has 5 heteroatoms. The van der Waals surface area contributed by atoms with Gasteiger partial charge in [0.1, 0.15) is 5.82 Å². The summed E-state index contributed by atoms with van der Waals surface area (Å²) < 4.78 is 13.0. The monoisotopic (exact) mass is 326 g/mol. The van der Waals surface area contributed by atoms with Crippen LogP contribution in [-0.4, -0.2) is 30.3 Å². The minimum Gasteiger partial charge on any atom is -0.337 e. The molecule has 0 unspecified atom stereocenters. The van der Waals surface area contributed by atoms with E-state index < -0.39 is 0 Å². The van der Waals surface area contributed by atoms with E-state index in [1.54, 1.807) is 42.0 Å². The Kier molecular flexibility index (Phi) is 4.34. The van der Waals surface area contributed by atoms with E-state index in [0.29, 0.717) is 18.7 Å². The summed E-state index contributed by atoms with van der Waals surface area (Å²) in [4.78, 5) is 27.5. The topological polar surface area (TPSA) is 40.6 Å². The number of amides is 2. The van der Waals surface area contributed by atoms with Gasteiger partial charge in [-0.15, -0.1) is 0 Å². The Morgan fingerprint density at radius 1 is 1.17 bits per heavy atom. The predicted octanol–water partition coefficient (Wildman–Crippen LogP) is 3.01. The summed E-state index contributed by atoms with van der Waals surface area (Å²) in [5.74, 6) is -0.369. The molecule has 0 saturated carbocycles. The number of carbonyl (C=O) groups excluding carboxylic acids is 2. The Balaban J connectivity index is 1.75. The maximum absolute atomic E-state index is 13.0. The molecule has 2 aromatic rings. The molecule has 0 atom stereocenters. The van der Waals surface area contributed by atoms with Crippen LogP contribution < -0.4 is 4.90 Å². The van der Waals surface area contributed by atoms with E-state index in [2.05, 4.69) is 0 Å². The largest absolute Gasteiger partial charge is 0.337 e. The van der Waals surface area contributed by atoms with Gasteiger partial charge in [-0.3, -0.25) is 9.59 Å². The molecule has 1 heterocycles. The summed E-state index contributed by atoms with van der Waals surface area (Å²) in [5.41, 5.74) is 3.38. The zero-order valence-corrected chi connectivity index (χ0v) is 13.8. The van der Waals surface area contributed by atoms with Gasteiger partial charge in [0.05, 0.1) is 0 Å². The molecule has 0 saturated heterocycles. The van der Waals surface area contributed by atoms with Gasteiger partial charge in [0.2, 0.25) is 5.91 Å². The zero-order chi connectivity index (χ0) is 17.3. The first kappa shape index (κ1) is 16.2. The summed E-state index contributed by atoms with van der Waals surface area (Å²) in [6.45, 7) is 2.62. The van der Waals surface area contributed by atoms with Crippen LogP contribution in [0.2, 0.25) is 0 Å². The van der Waals surface area contributed by atoms with Gasteiger partial charge in [0.25, 0.3) is 5.91 Å². The van der Waals surface area contributed by atoms with Crippen LogP contribution in [0.25, 0.3) is 0 Å². The summed E-state index contributed by atoms with van der Waals surface area (Å²) in [6, 6.07) is 11.6. The lowest BCUT2D eigenvalue weighted by Gasteiger charge is -2.19. The number of benzene rings is 2. The van der Waals surface area contributed by atoms with Crippen molar-refractivity contribution in [3.63, 3.8) is 0 Å². The van der Waals surface area contributed by atoms with E-state index in [4.69, 9.17) is 0 Å². The van der Waals surface area contributed by atoms with Crippen molar-refractivity contribution < 1.29 is 14.0 Å². The molecule has 1 aliphatic rings. The van der Waals surface area contributed by atoms with E-state index in [9.17, 15) is 14.0 Å². The number of hydrogen-bond donors (Lipinski definition) is 0. The molecule has 2 aromatic carbocycles. The van der Waals surface area contributed by atoms with Crippen LogP contribution in [-0.2, 0) is 17.8 Å². The third-order valence-electron chi connectivity index (χ3n) is 4.28. The van der Waals surface area contributed by atoms with E-state index in [0.717, 1.165) is 23.2 Å². The second-order valence-electron chi connectivity index (χ2n) is 6.05. The van der Waals surface area contributed by atoms with Crippen LogP contribution in [0.15, 0.2) is 42.5 Å². The fourth-order valence-electron chi connectivity index (χ4n) is 3.02. The van der Waals surface area contributed by atoms with Crippen LogP contribution in [0.4, 0.5) is 10.1 Å². The molecule has 24 heavy (non-hydrogen) atoms. The number of carbonyl (C=O) groups is 2. The molecular weight excluding hydrogens is 307 g/mol. The molecule has 1 aliphatic heterocycles. The Morgan fingerprint density at radius 2 is 1.88 bits per heavy atom. The number of anilines is 1. The van der Waals surface area contributed by atoms with Crippen molar-refractivity contribution in [2.45, 2.75) is 19.9 Å². The summed E-state index contributed by atoms with van der Waals surface area (Å²) in [6.07, 6.45) is 0.762. The normalized spacial score (nSPS) is 12.9. The average Bonchev–Trinajstić information content (AvgIpc) is 2.99. The molecule has 0 spiro atoms. The highest BCUT2D eigenvalue weighted by Crippen LogP contribution is 2.29. The summed E-state index contributed by atoms with van der Waals surface area (Å²) >= 11 is 0. The lowest BCUT2D eigenvalue weighted by atomic mass is 10.1. The highest BCUT2D eigenvalue weighted by atomic mass is 19.1. The number of hydrogen-bond acceptors (Lipinski definition) is 2.